The van der Waals surface area contributed by atoms with Gasteiger partial charge in [-0.05, 0) is 45.7 Å². The highest BCUT2D eigenvalue weighted by Gasteiger charge is 2.23. The summed E-state index contributed by atoms with van der Waals surface area (Å²) in [6.07, 6.45) is 2.48. The van der Waals surface area contributed by atoms with Crippen LogP contribution in [0.1, 0.15) is 47.5 Å². The molecule has 0 aromatic rings. The van der Waals surface area contributed by atoms with E-state index in [1.165, 1.54) is 19.4 Å². The van der Waals surface area contributed by atoms with Crippen molar-refractivity contribution in [1.29, 1.82) is 0 Å². The summed E-state index contributed by atoms with van der Waals surface area (Å²) >= 11 is 0. The van der Waals surface area contributed by atoms with Gasteiger partial charge in [-0.25, -0.2) is 0 Å². The van der Waals surface area contributed by atoms with E-state index in [9.17, 15) is 0 Å². The average Bonchev–Trinajstić information content (AvgIpc) is 2.11. The summed E-state index contributed by atoms with van der Waals surface area (Å²) in [5.41, 5.74) is 5.96. The minimum atomic E-state index is 0.158. The Labute approximate surface area is 89.9 Å². The molecule has 0 aromatic carbocycles. The molecule has 2 nitrogen and oxygen atoms in total. The van der Waals surface area contributed by atoms with E-state index in [0.29, 0.717) is 0 Å². The molecular formula is C12H28N2. The normalized spacial score (nSPS) is 12.9. The molecule has 0 spiro atoms. The second kappa shape index (κ2) is 6.41. The summed E-state index contributed by atoms with van der Waals surface area (Å²) in [5, 5.41) is 0. The van der Waals surface area contributed by atoms with Gasteiger partial charge < -0.3 is 5.73 Å². The molecule has 0 unspecified atom stereocenters. The first kappa shape index (κ1) is 13.9. The van der Waals surface area contributed by atoms with Crippen LogP contribution in [0.5, 0.6) is 0 Å². The Balaban J connectivity index is 4.13. The standard InChI is InChI=1S/C12H28N2/c1-6-8-14(9-7-11(2)3)12(4,5)10-13/h11H,6-10,13H2,1-5H3. The number of rotatable bonds is 7. The second-order valence-electron chi connectivity index (χ2n) is 5.19. The maximum Gasteiger partial charge on any atom is 0.0275 e. The fraction of sp³-hybridized carbons (Fsp3) is 1.00. The maximum absolute atomic E-state index is 5.80. The van der Waals surface area contributed by atoms with Crippen molar-refractivity contribution >= 4 is 0 Å². The van der Waals surface area contributed by atoms with Crippen molar-refractivity contribution in [1.82, 2.24) is 4.90 Å². The molecular weight excluding hydrogens is 172 g/mol. The van der Waals surface area contributed by atoms with Crippen molar-refractivity contribution in [2.75, 3.05) is 19.6 Å². The zero-order chi connectivity index (χ0) is 11.2. The van der Waals surface area contributed by atoms with Crippen LogP contribution in [0.3, 0.4) is 0 Å². The lowest BCUT2D eigenvalue weighted by atomic mass is 10.0. The van der Waals surface area contributed by atoms with Crippen LogP contribution in [0.2, 0.25) is 0 Å². The Hall–Kier alpha value is -0.0800. The highest BCUT2D eigenvalue weighted by atomic mass is 15.2. The summed E-state index contributed by atoms with van der Waals surface area (Å²) in [6, 6.07) is 0. The summed E-state index contributed by atoms with van der Waals surface area (Å²) in [6.45, 7) is 14.3. The maximum atomic E-state index is 5.80. The van der Waals surface area contributed by atoms with E-state index >= 15 is 0 Å². The van der Waals surface area contributed by atoms with Crippen molar-refractivity contribution in [3.8, 4) is 0 Å². The summed E-state index contributed by atoms with van der Waals surface area (Å²) in [7, 11) is 0. The predicted octanol–water partition coefficient (Wildman–Crippen LogP) is 2.48. The van der Waals surface area contributed by atoms with Gasteiger partial charge in [-0.3, -0.25) is 4.90 Å². The average molecular weight is 200 g/mol. The lowest BCUT2D eigenvalue weighted by molar-refractivity contribution is 0.120. The van der Waals surface area contributed by atoms with Gasteiger partial charge >= 0.3 is 0 Å². The molecule has 0 aliphatic heterocycles. The van der Waals surface area contributed by atoms with E-state index in [-0.39, 0.29) is 5.54 Å². The lowest BCUT2D eigenvalue weighted by Crippen LogP contribution is -2.50. The third-order valence-corrected chi connectivity index (χ3v) is 2.83. The van der Waals surface area contributed by atoms with Gasteiger partial charge in [0.1, 0.15) is 0 Å². The quantitative estimate of drug-likeness (QED) is 0.684. The molecule has 86 valence electrons. The van der Waals surface area contributed by atoms with E-state index in [0.717, 1.165) is 19.0 Å². The van der Waals surface area contributed by atoms with Crippen molar-refractivity contribution in [3.05, 3.63) is 0 Å². The van der Waals surface area contributed by atoms with Crippen molar-refractivity contribution < 1.29 is 0 Å². The van der Waals surface area contributed by atoms with Crippen molar-refractivity contribution in [2.45, 2.75) is 53.0 Å². The largest absolute Gasteiger partial charge is 0.329 e. The molecule has 0 heterocycles. The topological polar surface area (TPSA) is 29.3 Å². The van der Waals surface area contributed by atoms with Gasteiger partial charge in [-0.2, -0.15) is 0 Å². The molecule has 0 rings (SSSR count). The number of hydrogen-bond acceptors (Lipinski definition) is 2. The molecule has 0 aliphatic rings. The van der Waals surface area contributed by atoms with Crippen LogP contribution in [0.4, 0.5) is 0 Å². The Morgan fingerprint density at radius 2 is 1.79 bits per heavy atom. The first-order chi connectivity index (χ1) is 6.44. The third-order valence-electron chi connectivity index (χ3n) is 2.83. The molecule has 14 heavy (non-hydrogen) atoms. The molecule has 0 aromatic heterocycles. The number of hydrogen-bond donors (Lipinski definition) is 1. The van der Waals surface area contributed by atoms with Crippen LogP contribution in [-0.4, -0.2) is 30.1 Å². The SMILES string of the molecule is CCCN(CCC(C)C)C(C)(C)CN. The predicted molar refractivity (Wildman–Crippen MR) is 64.5 cm³/mol. The molecule has 2 heteroatoms. The lowest BCUT2D eigenvalue weighted by Gasteiger charge is -2.38. The van der Waals surface area contributed by atoms with E-state index in [4.69, 9.17) is 5.73 Å². The van der Waals surface area contributed by atoms with Crippen LogP contribution in [0, 0.1) is 5.92 Å². The summed E-state index contributed by atoms with van der Waals surface area (Å²) in [5.74, 6) is 0.780. The first-order valence-electron chi connectivity index (χ1n) is 5.89. The minimum absolute atomic E-state index is 0.158. The third kappa shape index (κ3) is 4.97. The van der Waals surface area contributed by atoms with Gasteiger partial charge in [0.25, 0.3) is 0 Å². The highest BCUT2D eigenvalue weighted by molar-refractivity contribution is 4.82. The molecule has 0 amide bonds. The van der Waals surface area contributed by atoms with Crippen molar-refractivity contribution in [3.63, 3.8) is 0 Å². The van der Waals surface area contributed by atoms with Gasteiger partial charge in [0.2, 0.25) is 0 Å². The van der Waals surface area contributed by atoms with E-state index in [2.05, 4.69) is 39.5 Å². The zero-order valence-electron chi connectivity index (χ0n) is 10.6. The molecule has 0 aliphatic carbocycles. The Bertz CT molecular complexity index is 141. The van der Waals surface area contributed by atoms with Crippen molar-refractivity contribution in [2.24, 2.45) is 11.7 Å². The fourth-order valence-corrected chi connectivity index (χ4v) is 1.53. The second-order valence-corrected chi connectivity index (χ2v) is 5.19. The van der Waals surface area contributed by atoms with Crippen LogP contribution >= 0.6 is 0 Å². The van der Waals surface area contributed by atoms with E-state index in [1.54, 1.807) is 0 Å². The zero-order valence-corrected chi connectivity index (χ0v) is 10.6. The number of nitrogens with two attached hydrogens (primary N) is 1. The molecule has 0 saturated carbocycles. The van der Waals surface area contributed by atoms with Crippen LogP contribution < -0.4 is 5.73 Å². The smallest absolute Gasteiger partial charge is 0.0275 e. The highest BCUT2D eigenvalue weighted by Crippen LogP contribution is 2.15. The van der Waals surface area contributed by atoms with E-state index < -0.39 is 0 Å². The number of nitrogens with zero attached hydrogens (tertiary/aromatic N) is 1. The fourth-order valence-electron chi connectivity index (χ4n) is 1.53. The Kier molecular flexibility index (Phi) is 6.38. The van der Waals surface area contributed by atoms with Crippen LogP contribution in [0.25, 0.3) is 0 Å². The van der Waals surface area contributed by atoms with Crippen LogP contribution in [0.15, 0.2) is 0 Å². The molecule has 0 fully saturated rings. The van der Waals surface area contributed by atoms with Gasteiger partial charge in [0, 0.05) is 12.1 Å². The van der Waals surface area contributed by atoms with Gasteiger partial charge in [0.05, 0.1) is 0 Å². The Morgan fingerprint density at radius 1 is 1.21 bits per heavy atom. The van der Waals surface area contributed by atoms with E-state index in [1.807, 2.05) is 0 Å². The van der Waals surface area contributed by atoms with Gasteiger partial charge in [0.15, 0.2) is 0 Å². The monoisotopic (exact) mass is 200 g/mol. The summed E-state index contributed by atoms with van der Waals surface area (Å²) < 4.78 is 0. The molecule has 2 N–H and O–H groups in total. The summed E-state index contributed by atoms with van der Waals surface area (Å²) in [4.78, 5) is 2.52. The van der Waals surface area contributed by atoms with Gasteiger partial charge in [-0.1, -0.05) is 20.8 Å². The minimum Gasteiger partial charge on any atom is -0.329 e. The molecule has 0 bridgehead atoms. The molecule has 0 atom stereocenters. The first-order valence-corrected chi connectivity index (χ1v) is 5.89. The molecule has 0 radical (unpaired) electrons. The van der Waals surface area contributed by atoms with Crippen LogP contribution in [-0.2, 0) is 0 Å². The Morgan fingerprint density at radius 3 is 2.14 bits per heavy atom. The molecule has 0 saturated heterocycles. The van der Waals surface area contributed by atoms with Gasteiger partial charge in [-0.15, -0.1) is 0 Å².